The van der Waals surface area contributed by atoms with Crippen molar-refractivity contribution in [3.63, 3.8) is 0 Å². The fourth-order valence-corrected chi connectivity index (χ4v) is 0.141. The third-order valence-electron chi connectivity index (χ3n) is 0.293. The zero-order valence-electron chi connectivity index (χ0n) is 2.50. The first-order valence-corrected chi connectivity index (χ1v) is 1.23. The molecule has 0 atom stereocenters. The summed E-state index contributed by atoms with van der Waals surface area (Å²) in [6.45, 7) is 0.417. The Morgan fingerprint density at radius 3 is 1.43 bits per heavy atom. The molecule has 0 saturated carbocycles. The van der Waals surface area contributed by atoms with Crippen molar-refractivity contribution in [1.82, 2.24) is 0 Å². The summed E-state index contributed by atoms with van der Waals surface area (Å²) in [6.07, 6.45) is 0. The third kappa shape index (κ3) is 5.06. The van der Waals surface area contributed by atoms with Gasteiger partial charge in [0.2, 0.25) is 0 Å². The summed E-state index contributed by atoms with van der Waals surface area (Å²) in [5.41, 5.74) is 0. The van der Waals surface area contributed by atoms with Gasteiger partial charge in [0.1, 0.15) is 0 Å². The molecule has 0 aromatic heterocycles. The van der Waals surface area contributed by atoms with Crippen LogP contribution >= 0.6 is 0 Å². The van der Waals surface area contributed by atoms with E-state index in [0.29, 0.717) is 6.67 Å². The van der Waals surface area contributed by atoms with Crippen molar-refractivity contribution in [2.75, 3.05) is 6.67 Å². The monoisotopic (exact) mass is 118 g/mol. The second-order valence-electron chi connectivity index (χ2n) is 0.603. The molecule has 0 saturated heterocycles. The fraction of sp³-hybridized carbons (Fsp3) is 1.00. The van der Waals surface area contributed by atoms with Crippen LogP contribution in [0, 0.1) is 0 Å². The Morgan fingerprint density at radius 1 is 0.857 bits per heavy atom. The Hall–Kier alpha value is 1.20. The molecule has 0 N–H and O–H groups in total. The van der Waals surface area contributed by atoms with E-state index >= 15 is 0 Å². The molecule has 7 heavy (non-hydrogen) atoms. The van der Waals surface area contributed by atoms with Crippen LogP contribution < -0.4 is 0 Å². The SMILES string of the molecule is C1N=NN=N1.[NaH].[NaH]. The van der Waals surface area contributed by atoms with E-state index in [1.807, 2.05) is 0 Å². The maximum absolute atomic E-state index is 3.38. The van der Waals surface area contributed by atoms with Gasteiger partial charge in [0, 0.05) is 0 Å². The molecule has 1 aliphatic rings. The van der Waals surface area contributed by atoms with Crippen LogP contribution in [0.4, 0.5) is 0 Å². The molecule has 0 unspecified atom stereocenters. The van der Waals surface area contributed by atoms with E-state index in [-0.39, 0.29) is 59.1 Å². The molecule has 4 nitrogen and oxygen atoms in total. The van der Waals surface area contributed by atoms with Crippen LogP contribution in [0.15, 0.2) is 20.7 Å². The molecule has 0 aromatic carbocycles. The minimum atomic E-state index is 0. The van der Waals surface area contributed by atoms with Gasteiger partial charge >= 0.3 is 59.1 Å². The van der Waals surface area contributed by atoms with Crippen LogP contribution in [0.25, 0.3) is 0 Å². The third-order valence-corrected chi connectivity index (χ3v) is 0.293. The van der Waals surface area contributed by atoms with Gasteiger partial charge in [0.15, 0.2) is 6.67 Å². The van der Waals surface area contributed by atoms with Gasteiger partial charge in [-0.05, 0) is 10.4 Å². The Balaban J connectivity index is 0. The van der Waals surface area contributed by atoms with E-state index in [9.17, 15) is 0 Å². The van der Waals surface area contributed by atoms with Gasteiger partial charge in [0.05, 0.1) is 0 Å². The quantitative estimate of drug-likeness (QED) is 0.384. The van der Waals surface area contributed by atoms with E-state index < -0.39 is 0 Å². The Morgan fingerprint density at radius 2 is 1.29 bits per heavy atom. The molecule has 1 heterocycles. The molecule has 0 amide bonds. The Labute approximate surface area is 85.4 Å². The Bertz CT molecular complexity index is 67.8. The van der Waals surface area contributed by atoms with Crippen molar-refractivity contribution in [3.05, 3.63) is 0 Å². The molecule has 0 aliphatic carbocycles. The van der Waals surface area contributed by atoms with Gasteiger partial charge < -0.3 is 0 Å². The summed E-state index contributed by atoms with van der Waals surface area (Å²) < 4.78 is 0. The van der Waals surface area contributed by atoms with Crippen LogP contribution in [-0.4, -0.2) is 65.8 Å². The molecule has 30 valence electrons. The first kappa shape index (κ1) is 11.1. The van der Waals surface area contributed by atoms with Gasteiger partial charge in [-0.1, -0.05) is 0 Å². The van der Waals surface area contributed by atoms with E-state index in [4.69, 9.17) is 0 Å². The molecular weight excluding hydrogens is 114 g/mol. The van der Waals surface area contributed by atoms with Crippen molar-refractivity contribution in [2.24, 2.45) is 20.7 Å². The molecule has 0 radical (unpaired) electrons. The van der Waals surface area contributed by atoms with Crippen molar-refractivity contribution in [1.29, 1.82) is 0 Å². The summed E-state index contributed by atoms with van der Waals surface area (Å²) in [7, 11) is 0. The summed E-state index contributed by atoms with van der Waals surface area (Å²) in [5, 5.41) is 13.1. The first-order chi connectivity index (χ1) is 2.50. The van der Waals surface area contributed by atoms with Crippen molar-refractivity contribution in [2.45, 2.75) is 0 Å². The van der Waals surface area contributed by atoms with Crippen molar-refractivity contribution in [3.8, 4) is 0 Å². The number of nitrogens with zero attached hydrogens (tertiary/aromatic N) is 4. The molecule has 0 aromatic rings. The first-order valence-electron chi connectivity index (χ1n) is 1.23. The summed E-state index contributed by atoms with van der Waals surface area (Å²) in [5.74, 6) is 0. The number of rotatable bonds is 0. The molecule has 0 spiro atoms. The number of hydrogen-bond acceptors (Lipinski definition) is 4. The summed E-state index contributed by atoms with van der Waals surface area (Å²) in [4.78, 5) is 0. The molecule has 0 bridgehead atoms. The van der Waals surface area contributed by atoms with E-state index in [1.165, 1.54) is 0 Å². The van der Waals surface area contributed by atoms with Crippen LogP contribution in [0.2, 0.25) is 0 Å². The van der Waals surface area contributed by atoms with Crippen molar-refractivity contribution < 1.29 is 0 Å². The molecule has 1 rings (SSSR count). The normalized spacial score (nSPS) is 12.6. The predicted octanol–water partition coefficient (Wildman–Crippen LogP) is -0.520. The molecule has 6 heteroatoms. The fourth-order valence-electron chi connectivity index (χ4n) is 0.141. The topological polar surface area (TPSA) is 49.4 Å². The van der Waals surface area contributed by atoms with Gasteiger partial charge in [0.25, 0.3) is 0 Å². The van der Waals surface area contributed by atoms with Gasteiger partial charge in [-0.2, -0.15) is 0 Å². The van der Waals surface area contributed by atoms with E-state index in [2.05, 4.69) is 20.7 Å². The summed E-state index contributed by atoms with van der Waals surface area (Å²) in [6, 6.07) is 0. The van der Waals surface area contributed by atoms with E-state index in [1.54, 1.807) is 0 Å². The van der Waals surface area contributed by atoms with Gasteiger partial charge in [-0.15, -0.1) is 10.2 Å². The maximum atomic E-state index is 3.38. The van der Waals surface area contributed by atoms with Crippen LogP contribution in [0.5, 0.6) is 0 Å². The average Bonchev–Trinajstić information content (AvgIpc) is 1.76. The zero-order valence-corrected chi connectivity index (χ0v) is 2.50. The van der Waals surface area contributed by atoms with Crippen molar-refractivity contribution >= 4 is 59.1 Å². The zero-order chi connectivity index (χ0) is 3.54. The van der Waals surface area contributed by atoms with Crippen LogP contribution in [0.3, 0.4) is 0 Å². The predicted molar refractivity (Wildman–Crippen MR) is 28.9 cm³/mol. The standard InChI is InChI=1S/CH2N4.2Na.2H/c1-2-4-5-3-1;;;;/h1H2;;;;. The van der Waals surface area contributed by atoms with Crippen LogP contribution in [-0.2, 0) is 0 Å². The minimum absolute atomic E-state index is 0. The van der Waals surface area contributed by atoms with Gasteiger partial charge in [-0.25, -0.2) is 0 Å². The average molecular weight is 118 g/mol. The second kappa shape index (κ2) is 7.20. The molecule has 1 aliphatic heterocycles. The molecular formula is CH4N4Na2. The van der Waals surface area contributed by atoms with E-state index in [0.717, 1.165) is 0 Å². The van der Waals surface area contributed by atoms with Gasteiger partial charge in [-0.3, -0.25) is 0 Å². The molecule has 0 fully saturated rings. The summed E-state index contributed by atoms with van der Waals surface area (Å²) >= 11 is 0. The number of hydrogen-bond donors (Lipinski definition) is 0. The second-order valence-corrected chi connectivity index (χ2v) is 0.603. The Kier molecular flexibility index (Phi) is 11.4. The van der Waals surface area contributed by atoms with Crippen LogP contribution in [0.1, 0.15) is 0 Å².